The Hall–Kier alpha value is -4.90. The first-order valence-electron chi connectivity index (χ1n) is 18.2. The molecule has 2 aromatic heterocycles. The highest BCUT2D eigenvalue weighted by Crippen LogP contribution is 2.49. The number of hydrogen-bond acceptors (Lipinski definition) is 4. The van der Waals surface area contributed by atoms with Gasteiger partial charge in [-0.15, -0.1) is 0 Å². The van der Waals surface area contributed by atoms with E-state index in [1.165, 1.54) is 10.9 Å². The van der Waals surface area contributed by atoms with Gasteiger partial charge < -0.3 is 9.47 Å². The molecule has 0 saturated heterocycles. The summed E-state index contributed by atoms with van der Waals surface area (Å²) in [5.74, 6) is 2.39. The van der Waals surface area contributed by atoms with Crippen LogP contribution in [0.2, 0.25) is 0 Å². The lowest BCUT2D eigenvalue weighted by atomic mass is 9.72. The quantitative estimate of drug-likeness (QED) is 0.176. The van der Waals surface area contributed by atoms with Gasteiger partial charge in [-0.05, 0) is 114 Å². The second kappa shape index (κ2) is 12.1. The van der Waals surface area contributed by atoms with Crippen LogP contribution in [0.4, 0.5) is 0 Å². The maximum Gasteiger partial charge on any atom is 0.217 e. The third kappa shape index (κ3) is 6.01. The van der Waals surface area contributed by atoms with Crippen molar-refractivity contribution in [3.63, 3.8) is 0 Å². The van der Waals surface area contributed by atoms with E-state index in [0.29, 0.717) is 5.90 Å². The highest BCUT2D eigenvalue weighted by Gasteiger charge is 2.55. The molecule has 0 saturated carbocycles. The zero-order valence-electron chi connectivity index (χ0n) is 32.1. The summed E-state index contributed by atoms with van der Waals surface area (Å²) in [7, 11) is 0. The molecular formula is C46H51N3O2. The van der Waals surface area contributed by atoms with Crippen LogP contribution >= 0.6 is 0 Å². The van der Waals surface area contributed by atoms with Crippen LogP contribution in [0.15, 0.2) is 108 Å². The molecule has 0 aliphatic carbocycles. The molecule has 1 aliphatic heterocycles. The minimum Gasteiger partial charge on any atom is -0.464 e. The molecule has 0 N–H and O–H groups in total. The topological polar surface area (TPSA) is 48.6 Å². The standard InChI is InChI=1S/C46H51N3O2/c1-29(2)45(10)46(11,32-16-13-12-14-17-32)51-42(48-45)31-24-34(44(7,8)9)26-37(25-31)50-36-23-30(3)22-35(28-36)49-40-20-19-33(43(4,5)6)27-39(40)38-18-15-21-47-41(38)49/h12-29H,1-11H3/t45-,46-/m1/s1. The molecule has 7 rings (SSSR count). The van der Waals surface area contributed by atoms with Gasteiger partial charge >= 0.3 is 0 Å². The number of benzene rings is 4. The first kappa shape index (κ1) is 34.5. The fraction of sp³-hybridized carbons (Fsp3) is 0.348. The monoisotopic (exact) mass is 677 g/mol. The third-order valence-electron chi connectivity index (χ3n) is 11.0. The molecule has 6 aromatic rings. The van der Waals surface area contributed by atoms with E-state index >= 15 is 0 Å². The molecule has 0 radical (unpaired) electrons. The average molecular weight is 678 g/mol. The molecule has 1 aliphatic rings. The van der Waals surface area contributed by atoms with Gasteiger partial charge in [-0.3, -0.25) is 4.57 Å². The fourth-order valence-corrected chi connectivity index (χ4v) is 7.39. The van der Waals surface area contributed by atoms with Gasteiger partial charge in [0.25, 0.3) is 0 Å². The van der Waals surface area contributed by atoms with Gasteiger partial charge in [-0.1, -0.05) is 91.8 Å². The number of pyridine rings is 1. The lowest BCUT2D eigenvalue weighted by Crippen LogP contribution is -2.47. The Morgan fingerprint density at radius 2 is 1.43 bits per heavy atom. The SMILES string of the molecule is Cc1cc(Oc2cc(C3=N[C@](C)(C(C)C)[C@@](C)(c4ccccc4)O3)cc(C(C)(C)C)c2)cc(-n2c3ccc(C(C)(C)C)cc3c3cccnc32)c1. The summed E-state index contributed by atoms with van der Waals surface area (Å²) in [4.78, 5) is 10.2. The van der Waals surface area contributed by atoms with Gasteiger partial charge in [-0.2, -0.15) is 0 Å². The van der Waals surface area contributed by atoms with E-state index in [4.69, 9.17) is 19.5 Å². The number of rotatable bonds is 6. The molecule has 3 heterocycles. The number of aliphatic imine (C=N–C) groups is 1. The molecule has 2 atom stereocenters. The van der Waals surface area contributed by atoms with Crippen LogP contribution in [-0.4, -0.2) is 21.0 Å². The molecule has 0 bridgehead atoms. The highest BCUT2D eigenvalue weighted by molar-refractivity contribution is 6.08. The Balaban J connectivity index is 1.32. The molecule has 262 valence electrons. The molecule has 0 unspecified atom stereocenters. The Labute approximate surface area is 303 Å². The normalized spacial score (nSPS) is 19.5. The maximum absolute atomic E-state index is 6.95. The number of fused-ring (bicyclic) bond motifs is 3. The van der Waals surface area contributed by atoms with Crippen LogP contribution < -0.4 is 4.74 Å². The van der Waals surface area contributed by atoms with E-state index in [-0.39, 0.29) is 16.7 Å². The van der Waals surface area contributed by atoms with Crippen molar-refractivity contribution >= 4 is 27.8 Å². The van der Waals surface area contributed by atoms with Crippen molar-refractivity contribution in [2.24, 2.45) is 10.9 Å². The number of ether oxygens (including phenoxy) is 2. The second-order valence-electron chi connectivity index (χ2n) is 17.0. The fourth-order valence-electron chi connectivity index (χ4n) is 7.39. The van der Waals surface area contributed by atoms with Gasteiger partial charge in [0, 0.05) is 28.6 Å². The molecule has 0 amide bonds. The third-order valence-corrected chi connectivity index (χ3v) is 11.0. The predicted molar refractivity (Wildman–Crippen MR) is 212 cm³/mol. The second-order valence-corrected chi connectivity index (χ2v) is 17.0. The highest BCUT2D eigenvalue weighted by atomic mass is 16.5. The molecule has 0 spiro atoms. The summed E-state index contributed by atoms with van der Waals surface area (Å²) >= 11 is 0. The molecule has 4 aromatic carbocycles. The van der Waals surface area contributed by atoms with E-state index in [1.54, 1.807) is 0 Å². The largest absolute Gasteiger partial charge is 0.464 e. The molecule has 0 fully saturated rings. The minimum absolute atomic E-state index is 0.0400. The summed E-state index contributed by atoms with van der Waals surface area (Å²) in [6.07, 6.45) is 1.87. The first-order chi connectivity index (χ1) is 24.0. The number of aromatic nitrogens is 2. The van der Waals surface area contributed by atoms with E-state index in [2.05, 4.69) is 166 Å². The van der Waals surface area contributed by atoms with Gasteiger partial charge in [0.1, 0.15) is 22.7 Å². The summed E-state index contributed by atoms with van der Waals surface area (Å²) in [5, 5.41) is 2.34. The van der Waals surface area contributed by atoms with E-state index in [1.807, 2.05) is 18.3 Å². The Bertz CT molecular complexity index is 2300. The van der Waals surface area contributed by atoms with Gasteiger partial charge in [0.15, 0.2) is 5.60 Å². The summed E-state index contributed by atoms with van der Waals surface area (Å²) < 4.78 is 16.0. The average Bonchev–Trinajstić information content (AvgIpc) is 3.56. The van der Waals surface area contributed by atoms with Crippen molar-refractivity contribution in [3.05, 3.63) is 131 Å². The van der Waals surface area contributed by atoms with Crippen molar-refractivity contribution < 1.29 is 9.47 Å². The Kier molecular flexibility index (Phi) is 8.20. The lowest BCUT2D eigenvalue weighted by Gasteiger charge is -2.40. The van der Waals surface area contributed by atoms with Crippen LogP contribution in [0.25, 0.3) is 27.6 Å². The minimum atomic E-state index is -0.633. The summed E-state index contributed by atoms with van der Waals surface area (Å²) in [5.41, 5.74) is 7.44. The molecule has 5 heteroatoms. The van der Waals surface area contributed by atoms with E-state index < -0.39 is 11.1 Å². The smallest absolute Gasteiger partial charge is 0.217 e. The molecular weight excluding hydrogens is 627 g/mol. The van der Waals surface area contributed by atoms with Crippen LogP contribution in [0, 0.1) is 12.8 Å². The molecule has 51 heavy (non-hydrogen) atoms. The maximum atomic E-state index is 6.95. The number of nitrogens with zero attached hydrogens (tertiary/aromatic N) is 3. The van der Waals surface area contributed by atoms with Crippen molar-refractivity contribution in [3.8, 4) is 17.2 Å². The zero-order valence-corrected chi connectivity index (χ0v) is 32.1. The van der Waals surface area contributed by atoms with Crippen LogP contribution in [0.1, 0.15) is 97.1 Å². The Morgan fingerprint density at radius 1 is 0.725 bits per heavy atom. The van der Waals surface area contributed by atoms with Gasteiger partial charge in [-0.25, -0.2) is 9.98 Å². The van der Waals surface area contributed by atoms with Crippen molar-refractivity contribution in [1.29, 1.82) is 0 Å². The van der Waals surface area contributed by atoms with E-state index in [9.17, 15) is 0 Å². The van der Waals surface area contributed by atoms with Crippen LogP contribution in [0.5, 0.6) is 11.5 Å². The van der Waals surface area contributed by atoms with E-state index in [0.717, 1.165) is 56.0 Å². The van der Waals surface area contributed by atoms with Crippen LogP contribution in [-0.2, 0) is 21.2 Å². The van der Waals surface area contributed by atoms with Gasteiger partial charge in [0.2, 0.25) is 5.90 Å². The van der Waals surface area contributed by atoms with Gasteiger partial charge in [0.05, 0.1) is 11.2 Å². The predicted octanol–water partition coefficient (Wildman–Crippen LogP) is 12.0. The van der Waals surface area contributed by atoms with Crippen LogP contribution in [0.3, 0.4) is 0 Å². The lowest BCUT2D eigenvalue weighted by molar-refractivity contribution is 0.00857. The first-order valence-corrected chi connectivity index (χ1v) is 18.2. The molecule has 5 nitrogen and oxygen atoms in total. The number of aryl methyl sites for hydroxylation is 1. The van der Waals surface area contributed by atoms with Crippen molar-refractivity contribution in [2.75, 3.05) is 0 Å². The van der Waals surface area contributed by atoms with Crippen molar-refractivity contribution in [2.45, 2.75) is 98.1 Å². The number of hydrogen-bond donors (Lipinski definition) is 0. The Morgan fingerprint density at radius 3 is 2.12 bits per heavy atom. The summed E-state index contributed by atoms with van der Waals surface area (Å²) in [6.45, 7) is 24.4. The zero-order chi connectivity index (χ0) is 36.5. The summed E-state index contributed by atoms with van der Waals surface area (Å²) in [6, 6.07) is 34.3. The van der Waals surface area contributed by atoms with Crippen molar-refractivity contribution in [1.82, 2.24) is 9.55 Å².